The highest BCUT2D eigenvalue weighted by Gasteiger charge is 2.30. The van der Waals surface area contributed by atoms with Crippen LogP contribution in [0.2, 0.25) is 0 Å². The maximum Gasteiger partial charge on any atom is 0.244 e. The third kappa shape index (κ3) is 6.58. The highest BCUT2D eigenvalue weighted by Crippen LogP contribution is 2.32. The molecule has 180 valence electrons. The molecule has 33 heavy (non-hydrogen) atoms. The van der Waals surface area contributed by atoms with E-state index in [0.717, 1.165) is 10.6 Å². The highest BCUT2D eigenvalue weighted by molar-refractivity contribution is 7.92. The molecule has 0 aromatic heterocycles. The van der Waals surface area contributed by atoms with Crippen LogP contribution in [-0.2, 0) is 26.2 Å². The summed E-state index contributed by atoms with van der Waals surface area (Å²) in [4.78, 5) is 26.8. The molecule has 2 aromatic carbocycles. The van der Waals surface area contributed by atoms with Crippen LogP contribution in [0.25, 0.3) is 0 Å². The molecule has 2 amide bonds. The Balaban J connectivity index is 2.42. The van der Waals surface area contributed by atoms with E-state index in [1.807, 2.05) is 0 Å². The number of anilines is 1. The topological polar surface area (TPSA) is 105 Å². The summed E-state index contributed by atoms with van der Waals surface area (Å²) >= 11 is 0. The number of likely N-dealkylation sites (N-methyl/N-ethyl adjacent to an activating group) is 1. The van der Waals surface area contributed by atoms with Crippen LogP contribution >= 0.6 is 0 Å². The zero-order valence-electron chi connectivity index (χ0n) is 19.2. The van der Waals surface area contributed by atoms with Crippen molar-refractivity contribution < 1.29 is 31.9 Å². The van der Waals surface area contributed by atoms with E-state index in [0.29, 0.717) is 11.3 Å². The maximum atomic E-state index is 13.3. The van der Waals surface area contributed by atoms with Gasteiger partial charge >= 0.3 is 0 Å². The Bertz CT molecular complexity index is 1090. The Kier molecular flexibility index (Phi) is 8.63. The minimum atomic E-state index is -3.88. The molecule has 0 spiro atoms. The smallest absolute Gasteiger partial charge is 0.244 e. The van der Waals surface area contributed by atoms with Crippen molar-refractivity contribution in [3.63, 3.8) is 0 Å². The van der Waals surface area contributed by atoms with E-state index in [4.69, 9.17) is 9.47 Å². The molecule has 0 heterocycles. The highest BCUT2D eigenvalue weighted by atomic mass is 32.2. The third-order valence-corrected chi connectivity index (χ3v) is 6.15. The van der Waals surface area contributed by atoms with Crippen LogP contribution in [0.5, 0.6) is 11.5 Å². The Morgan fingerprint density at radius 2 is 1.67 bits per heavy atom. The molecule has 0 fully saturated rings. The average molecular weight is 482 g/mol. The number of nitrogens with one attached hydrogen (secondary N) is 1. The van der Waals surface area contributed by atoms with Gasteiger partial charge in [-0.1, -0.05) is 12.1 Å². The van der Waals surface area contributed by atoms with Crippen molar-refractivity contribution in [2.24, 2.45) is 0 Å². The lowest BCUT2D eigenvalue weighted by molar-refractivity contribution is -0.139. The molecular weight excluding hydrogens is 453 g/mol. The van der Waals surface area contributed by atoms with Gasteiger partial charge in [-0.25, -0.2) is 12.8 Å². The first-order chi connectivity index (χ1) is 15.5. The van der Waals surface area contributed by atoms with E-state index < -0.39 is 40.2 Å². The second kappa shape index (κ2) is 11.0. The second-order valence-electron chi connectivity index (χ2n) is 7.25. The fraction of sp³-hybridized carbons (Fsp3) is 0.364. The average Bonchev–Trinajstić information content (AvgIpc) is 2.79. The summed E-state index contributed by atoms with van der Waals surface area (Å²) in [7, 11) is 0.412. The molecule has 1 atom stereocenters. The van der Waals surface area contributed by atoms with Crippen molar-refractivity contribution in [2.75, 3.05) is 38.4 Å². The summed E-state index contributed by atoms with van der Waals surface area (Å²) in [5, 5.41) is 2.48. The molecule has 0 aliphatic heterocycles. The molecule has 9 nitrogen and oxygen atoms in total. The van der Waals surface area contributed by atoms with Crippen LogP contribution in [0.3, 0.4) is 0 Å². The molecule has 2 aromatic rings. The summed E-state index contributed by atoms with van der Waals surface area (Å²) < 4.78 is 49.8. The summed E-state index contributed by atoms with van der Waals surface area (Å²) in [6, 6.07) is 9.04. The first-order valence-electron chi connectivity index (χ1n) is 9.97. The summed E-state index contributed by atoms with van der Waals surface area (Å²) in [6.07, 6.45) is 0.976. The van der Waals surface area contributed by atoms with E-state index in [1.165, 1.54) is 75.6 Å². The normalized spacial score (nSPS) is 11.9. The standard InChI is InChI=1S/C22H28FN3O6S/c1-15(22(28)24-2)25(13-16-6-8-17(23)9-7-16)21(27)14-26(33(5,29)30)18-10-11-19(31-3)20(12-18)32-4/h6-12,15H,13-14H2,1-5H3,(H,24,28). The fourth-order valence-electron chi connectivity index (χ4n) is 3.17. The van der Waals surface area contributed by atoms with Crippen LogP contribution < -0.4 is 19.1 Å². The Labute approximate surface area is 193 Å². The number of ether oxygens (including phenoxy) is 2. The molecule has 0 aliphatic rings. The van der Waals surface area contributed by atoms with Gasteiger partial charge in [0.2, 0.25) is 21.8 Å². The summed E-state index contributed by atoms with van der Waals surface area (Å²) in [5.74, 6) is -0.795. The van der Waals surface area contributed by atoms with Crippen molar-refractivity contribution >= 4 is 27.5 Å². The van der Waals surface area contributed by atoms with Crippen molar-refractivity contribution in [3.8, 4) is 11.5 Å². The predicted octanol–water partition coefficient (Wildman–Crippen LogP) is 1.77. The summed E-state index contributed by atoms with van der Waals surface area (Å²) in [5.41, 5.74) is 0.773. The van der Waals surface area contributed by atoms with Crippen molar-refractivity contribution in [2.45, 2.75) is 19.5 Å². The van der Waals surface area contributed by atoms with Crippen LogP contribution in [0.4, 0.5) is 10.1 Å². The molecule has 0 radical (unpaired) electrons. The number of carbonyl (C=O) groups excluding carboxylic acids is 2. The van der Waals surface area contributed by atoms with Gasteiger partial charge in [-0.15, -0.1) is 0 Å². The number of hydrogen-bond acceptors (Lipinski definition) is 6. The number of hydrogen-bond donors (Lipinski definition) is 1. The quantitative estimate of drug-likeness (QED) is 0.555. The number of benzene rings is 2. The molecular formula is C22H28FN3O6S. The number of halogens is 1. The van der Waals surface area contributed by atoms with Gasteiger partial charge in [0.15, 0.2) is 11.5 Å². The zero-order valence-corrected chi connectivity index (χ0v) is 20.0. The van der Waals surface area contributed by atoms with E-state index in [-0.39, 0.29) is 18.0 Å². The maximum absolute atomic E-state index is 13.3. The number of rotatable bonds is 10. The van der Waals surface area contributed by atoms with Gasteiger partial charge < -0.3 is 19.7 Å². The lowest BCUT2D eigenvalue weighted by atomic mass is 10.1. The Morgan fingerprint density at radius 1 is 1.06 bits per heavy atom. The SMILES string of the molecule is CNC(=O)C(C)N(Cc1ccc(F)cc1)C(=O)CN(c1ccc(OC)c(OC)c1)S(C)(=O)=O. The minimum absolute atomic E-state index is 0.0166. The first-order valence-corrected chi connectivity index (χ1v) is 11.8. The van der Waals surface area contributed by atoms with Crippen molar-refractivity contribution in [1.29, 1.82) is 0 Å². The van der Waals surface area contributed by atoms with E-state index in [1.54, 1.807) is 0 Å². The number of amides is 2. The van der Waals surface area contributed by atoms with Gasteiger partial charge in [0.25, 0.3) is 0 Å². The second-order valence-corrected chi connectivity index (χ2v) is 9.15. The Hall–Kier alpha value is -3.34. The Morgan fingerprint density at radius 3 is 2.18 bits per heavy atom. The first kappa shape index (κ1) is 25.9. The number of carbonyl (C=O) groups is 2. The predicted molar refractivity (Wildman–Crippen MR) is 122 cm³/mol. The third-order valence-electron chi connectivity index (χ3n) is 5.01. The van der Waals surface area contributed by atoms with Gasteiger partial charge in [-0.05, 0) is 36.8 Å². The number of nitrogens with zero attached hydrogens (tertiary/aromatic N) is 2. The van der Waals surface area contributed by atoms with E-state index in [2.05, 4.69) is 5.32 Å². The molecule has 2 rings (SSSR count). The molecule has 11 heteroatoms. The molecule has 0 saturated carbocycles. The minimum Gasteiger partial charge on any atom is -0.493 e. The lowest BCUT2D eigenvalue weighted by Crippen LogP contribution is -2.50. The molecule has 0 aliphatic carbocycles. The van der Waals surface area contributed by atoms with Crippen molar-refractivity contribution in [1.82, 2.24) is 10.2 Å². The van der Waals surface area contributed by atoms with Gasteiger partial charge in [-0.2, -0.15) is 0 Å². The van der Waals surface area contributed by atoms with Gasteiger partial charge in [0, 0.05) is 19.7 Å². The number of methoxy groups -OCH3 is 2. The van der Waals surface area contributed by atoms with Crippen LogP contribution in [0, 0.1) is 5.82 Å². The fourth-order valence-corrected chi connectivity index (χ4v) is 4.01. The number of sulfonamides is 1. The molecule has 1 unspecified atom stereocenters. The van der Waals surface area contributed by atoms with Gasteiger partial charge in [0.1, 0.15) is 18.4 Å². The lowest BCUT2D eigenvalue weighted by Gasteiger charge is -2.31. The van der Waals surface area contributed by atoms with Crippen LogP contribution in [0.1, 0.15) is 12.5 Å². The van der Waals surface area contributed by atoms with Crippen molar-refractivity contribution in [3.05, 3.63) is 53.8 Å². The largest absolute Gasteiger partial charge is 0.493 e. The molecule has 0 saturated heterocycles. The zero-order chi connectivity index (χ0) is 24.8. The molecule has 0 bridgehead atoms. The van der Waals surface area contributed by atoms with E-state index in [9.17, 15) is 22.4 Å². The monoisotopic (exact) mass is 481 g/mol. The van der Waals surface area contributed by atoms with Gasteiger partial charge in [0.05, 0.1) is 26.2 Å². The molecule has 1 N–H and O–H groups in total. The van der Waals surface area contributed by atoms with E-state index >= 15 is 0 Å². The van der Waals surface area contributed by atoms with Gasteiger partial charge in [-0.3, -0.25) is 13.9 Å². The summed E-state index contributed by atoms with van der Waals surface area (Å²) in [6.45, 7) is 0.954. The van der Waals surface area contributed by atoms with Crippen LogP contribution in [0.15, 0.2) is 42.5 Å². The van der Waals surface area contributed by atoms with Crippen LogP contribution in [-0.4, -0.2) is 65.2 Å².